The molecule has 0 bridgehead atoms. The van der Waals surface area contributed by atoms with Crippen molar-refractivity contribution in [1.29, 1.82) is 0 Å². The molecule has 0 fully saturated rings. The summed E-state index contributed by atoms with van der Waals surface area (Å²) in [4.78, 5) is 27.7. The van der Waals surface area contributed by atoms with E-state index in [4.69, 9.17) is 4.74 Å². The topological polar surface area (TPSA) is 46.6 Å². The van der Waals surface area contributed by atoms with E-state index in [1.807, 2.05) is 36.4 Å². The highest BCUT2D eigenvalue weighted by Crippen LogP contribution is 2.47. The van der Waals surface area contributed by atoms with Crippen molar-refractivity contribution in [2.45, 2.75) is 34.2 Å². The summed E-state index contributed by atoms with van der Waals surface area (Å²) < 4.78 is 4.86. The second-order valence-electron chi connectivity index (χ2n) is 9.47. The van der Waals surface area contributed by atoms with Gasteiger partial charge in [-0.25, -0.2) is 4.79 Å². The van der Waals surface area contributed by atoms with Gasteiger partial charge in [0.1, 0.15) is 0 Å². The van der Waals surface area contributed by atoms with Gasteiger partial charge in [0.25, 0.3) is 5.91 Å². The van der Waals surface area contributed by atoms with Gasteiger partial charge in [0.2, 0.25) is 0 Å². The largest absolute Gasteiger partial charge is 0.465 e. The van der Waals surface area contributed by atoms with E-state index < -0.39 is 0 Å². The molecule has 4 heteroatoms. The molecule has 3 aromatic rings. The maximum absolute atomic E-state index is 13.9. The van der Waals surface area contributed by atoms with Crippen LogP contribution in [0.4, 0.5) is 5.69 Å². The van der Waals surface area contributed by atoms with E-state index in [0.717, 1.165) is 33.5 Å². The van der Waals surface area contributed by atoms with E-state index in [9.17, 15) is 9.59 Å². The van der Waals surface area contributed by atoms with E-state index >= 15 is 0 Å². The average molecular weight is 440 g/mol. The van der Waals surface area contributed by atoms with Crippen molar-refractivity contribution in [2.75, 3.05) is 12.0 Å². The predicted octanol–water partition coefficient (Wildman–Crippen LogP) is 6.29. The number of carbonyl (C=O) groups excluding carboxylic acids is 2. The van der Waals surface area contributed by atoms with Crippen LogP contribution in [-0.4, -0.2) is 19.0 Å². The Balaban J connectivity index is 1.85. The number of hydrogen-bond donors (Lipinski definition) is 0. The van der Waals surface area contributed by atoms with Gasteiger partial charge in [-0.05, 0) is 47.2 Å². The molecule has 0 saturated carbocycles. The summed E-state index contributed by atoms with van der Waals surface area (Å²) in [5, 5.41) is 0. The summed E-state index contributed by atoms with van der Waals surface area (Å²) in [5.74, 6) is -0.412. The summed E-state index contributed by atoms with van der Waals surface area (Å²) in [7, 11) is 1.37. The number of ether oxygens (including phenoxy) is 1. The maximum Gasteiger partial charge on any atom is 0.337 e. The molecule has 0 spiro atoms. The Hall–Kier alpha value is -3.66. The number of esters is 1. The third-order valence-electron chi connectivity index (χ3n) is 5.95. The van der Waals surface area contributed by atoms with Gasteiger partial charge < -0.3 is 9.64 Å². The van der Waals surface area contributed by atoms with Crippen molar-refractivity contribution in [3.8, 4) is 0 Å². The van der Waals surface area contributed by atoms with Gasteiger partial charge in [0, 0.05) is 5.56 Å². The summed E-state index contributed by atoms with van der Waals surface area (Å²) >= 11 is 0. The van der Waals surface area contributed by atoms with E-state index in [1.165, 1.54) is 12.7 Å². The Bertz CT molecular complexity index is 1250. The number of anilines is 1. The molecule has 4 nitrogen and oxygen atoms in total. The lowest BCUT2D eigenvalue weighted by Gasteiger charge is -2.26. The molecule has 1 aliphatic rings. The highest BCUT2D eigenvalue weighted by molar-refractivity contribution is 6.37. The van der Waals surface area contributed by atoms with Crippen molar-refractivity contribution in [2.24, 2.45) is 5.41 Å². The van der Waals surface area contributed by atoms with Crippen LogP contribution < -0.4 is 4.90 Å². The second-order valence-corrected chi connectivity index (χ2v) is 9.47. The zero-order valence-corrected chi connectivity index (χ0v) is 19.8. The molecule has 33 heavy (non-hydrogen) atoms. The van der Waals surface area contributed by atoms with Gasteiger partial charge in [0.05, 0.1) is 30.5 Å². The Morgan fingerprint density at radius 1 is 0.909 bits per heavy atom. The maximum atomic E-state index is 13.9. The van der Waals surface area contributed by atoms with Crippen molar-refractivity contribution >= 4 is 28.7 Å². The molecule has 4 rings (SSSR count). The fraction of sp³-hybridized carbons (Fsp3) is 0.241. The molecule has 0 N–H and O–H groups in total. The molecular weight excluding hydrogens is 410 g/mol. The first-order chi connectivity index (χ1) is 15.7. The van der Waals surface area contributed by atoms with Crippen molar-refractivity contribution in [3.63, 3.8) is 0 Å². The number of methoxy groups -OCH3 is 1. The summed E-state index contributed by atoms with van der Waals surface area (Å²) in [5.41, 5.74) is 6.94. The van der Waals surface area contributed by atoms with Crippen molar-refractivity contribution in [1.82, 2.24) is 0 Å². The van der Waals surface area contributed by atoms with Crippen LogP contribution in [0.1, 0.15) is 53.4 Å². The molecule has 1 aliphatic heterocycles. The van der Waals surface area contributed by atoms with Crippen molar-refractivity contribution in [3.05, 3.63) is 101 Å². The minimum absolute atomic E-state index is 0.0230. The number of allylic oxidation sites excluding steroid dienone is 1. The highest BCUT2D eigenvalue weighted by Gasteiger charge is 2.37. The molecule has 3 aromatic carbocycles. The molecule has 0 atom stereocenters. The van der Waals surface area contributed by atoms with Crippen LogP contribution in [0.15, 0.2) is 72.8 Å². The van der Waals surface area contributed by atoms with Crippen LogP contribution in [0, 0.1) is 12.3 Å². The summed E-state index contributed by atoms with van der Waals surface area (Å²) in [6.45, 7) is 8.87. The summed E-state index contributed by atoms with van der Waals surface area (Å²) in [6.07, 6.45) is 0. The Morgan fingerprint density at radius 2 is 1.61 bits per heavy atom. The fourth-order valence-electron chi connectivity index (χ4n) is 4.45. The SMILES string of the molecule is COC(=O)c1cccc(CN2C(=O)/C(=C(/c3ccc(C)cc3)C(C)(C)C)c3ccccc32)c1. The van der Waals surface area contributed by atoms with Crippen molar-refractivity contribution < 1.29 is 14.3 Å². The molecule has 168 valence electrons. The molecule has 0 aliphatic carbocycles. The number of carbonyl (C=O) groups is 2. The smallest absolute Gasteiger partial charge is 0.337 e. The van der Waals surface area contributed by atoms with Gasteiger partial charge in [-0.1, -0.05) is 80.9 Å². The monoisotopic (exact) mass is 439 g/mol. The molecular formula is C29H29NO3. The van der Waals surface area contributed by atoms with Crippen LogP contribution >= 0.6 is 0 Å². The Kier molecular flexibility index (Phi) is 5.94. The number of benzene rings is 3. The standard InChI is InChI=1S/C29H29NO3/c1-19-13-15-21(16-14-19)26(29(2,3)4)25-23-11-6-7-12-24(23)30(27(25)31)18-20-9-8-10-22(17-20)28(32)33-5/h6-17H,18H2,1-5H3/b26-25-. The van der Waals surface area contributed by atoms with Crippen LogP contribution in [0.5, 0.6) is 0 Å². The third-order valence-corrected chi connectivity index (χ3v) is 5.95. The first kappa shape index (κ1) is 22.5. The summed E-state index contributed by atoms with van der Waals surface area (Å²) in [6, 6.07) is 23.6. The van der Waals surface area contributed by atoms with Crippen LogP contribution in [-0.2, 0) is 16.1 Å². The normalized spacial score (nSPS) is 14.8. The zero-order valence-electron chi connectivity index (χ0n) is 19.8. The van der Waals surface area contributed by atoms with Gasteiger partial charge in [0.15, 0.2) is 0 Å². The minimum Gasteiger partial charge on any atom is -0.465 e. The molecule has 0 saturated heterocycles. The van der Waals surface area contributed by atoms with E-state index in [0.29, 0.717) is 12.1 Å². The minimum atomic E-state index is -0.389. The molecule has 1 amide bonds. The number of para-hydroxylation sites is 1. The Morgan fingerprint density at radius 3 is 2.27 bits per heavy atom. The number of nitrogens with zero attached hydrogens (tertiary/aromatic N) is 1. The quantitative estimate of drug-likeness (QED) is 0.355. The average Bonchev–Trinajstić information content (AvgIpc) is 3.05. The van der Waals surface area contributed by atoms with E-state index in [2.05, 4.69) is 52.0 Å². The zero-order chi connectivity index (χ0) is 23.8. The highest BCUT2D eigenvalue weighted by atomic mass is 16.5. The van der Waals surface area contributed by atoms with Crippen LogP contribution in [0.2, 0.25) is 0 Å². The third kappa shape index (κ3) is 4.34. The number of aryl methyl sites for hydroxylation is 1. The molecule has 0 radical (unpaired) electrons. The van der Waals surface area contributed by atoms with Gasteiger partial charge in [-0.3, -0.25) is 4.79 Å². The van der Waals surface area contributed by atoms with E-state index in [-0.39, 0.29) is 17.3 Å². The van der Waals surface area contributed by atoms with Crippen LogP contribution in [0.25, 0.3) is 11.1 Å². The number of hydrogen-bond acceptors (Lipinski definition) is 3. The number of fused-ring (bicyclic) bond motifs is 1. The number of rotatable bonds is 4. The van der Waals surface area contributed by atoms with Crippen LogP contribution in [0.3, 0.4) is 0 Å². The first-order valence-corrected chi connectivity index (χ1v) is 11.1. The lowest BCUT2D eigenvalue weighted by Crippen LogP contribution is -2.27. The first-order valence-electron chi connectivity index (χ1n) is 11.1. The fourth-order valence-corrected chi connectivity index (χ4v) is 4.45. The molecule has 0 aromatic heterocycles. The molecule has 1 heterocycles. The predicted molar refractivity (Wildman–Crippen MR) is 133 cm³/mol. The second kappa shape index (κ2) is 8.70. The molecule has 0 unspecified atom stereocenters. The van der Waals surface area contributed by atoms with Gasteiger partial charge in [-0.15, -0.1) is 0 Å². The van der Waals surface area contributed by atoms with Gasteiger partial charge in [-0.2, -0.15) is 0 Å². The lowest BCUT2D eigenvalue weighted by atomic mass is 9.77. The van der Waals surface area contributed by atoms with Gasteiger partial charge >= 0.3 is 5.97 Å². The number of amides is 1. The lowest BCUT2D eigenvalue weighted by molar-refractivity contribution is -0.113. The Labute approximate surface area is 195 Å². The van der Waals surface area contributed by atoms with E-state index in [1.54, 1.807) is 17.0 Å².